The number of nitrogens with zero attached hydrogens (tertiary/aromatic N) is 7. The number of hydrogen-bond donors (Lipinski definition) is 1. The van der Waals surface area contributed by atoms with Crippen LogP contribution in [0.2, 0.25) is 0 Å². The van der Waals surface area contributed by atoms with Crippen molar-refractivity contribution in [2.24, 2.45) is 0 Å². The molecule has 0 bridgehead atoms. The third-order valence-electron chi connectivity index (χ3n) is 5.30. The van der Waals surface area contributed by atoms with Crippen LogP contribution in [-0.4, -0.2) is 68.6 Å². The summed E-state index contributed by atoms with van der Waals surface area (Å²) >= 11 is 0. The van der Waals surface area contributed by atoms with E-state index in [1.165, 1.54) is 4.90 Å². The molecule has 0 unspecified atom stereocenters. The maximum absolute atomic E-state index is 12.4. The molecule has 9 nitrogen and oxygen atoms in total. The van der Waals surface area contributed by atoms with E-state index in [1.807, 2.05) is 37.5 Å². The number of aromatic nitrogens is 5. The van der Waals surface area contributed by atoms with Crippen molar-refractivity contribution in [3.8, 4) is 0 Å². The van der Waals surface area contributed by atoms with Gasteiger partial charge in [-0.25, -0.2) is 19.5 Å². The third-order valence-corrected chi connectivity index (χ3v) is 5.30. The zero-order chi connectivity index (χ0) is 20.7. The molecule has 4 rings (SSSR count). The van der Waals surface area contributed by atoms with Gasteiger partial charge < -0.3 is 15.1 Å². The molecule has 29 heavy (non-hydrogen) atoms. The molecule has 1 saturated heterocycles. The van der Waals surface area contributed by atoms with E-state index < -0.39 is 0 Å². The minimum absolute atomic E-state index is 0.185. The van der Waals surface area contributed by atoms with Crippen molar-refractivity contribution in [3.63, 3.8) is 0 Å². The first-order valence-corrected chi connectivity index (χ1v) is 9.73. The number of rotatable bonds is 4. The van der Waals surface area contributed by atoms with Crippen molar-refractivity contribution in [2.75, 3.05) is 37.4 Å². The minimum atomic E-state index is -0.185. The van der Waals surface area contributed by atoms with Gasteiger partial charge in [0.05, 0.1) is 5.69 Å². The quantitative estimate of drug-likeness (QED) is 0.722. The zero-order valence-corrected chi connectivity index (χ0v) is 17.5. The largest absolute Gasteiger partial charge is 0.364 e. The predicted molar refractivity (Wildman–Crippen MR) is 111 cm³/mol. The van der Waals surface area contributed by atoms with E-state index in [1.54, 1.807) is 20.3 Å². The minimum Gasteiger partial charge on any atom is -0.364 e. The predicted octanol–water partition coefficient (Wildman–Crippen LogP) is 1.84. The molecule has 0 aliphatic carbocycles. The van der Waals surface area contributed by atoms with E-state index in [4.69, 9.17) is 0 Å². The van der Waals surface area contributed by atoms with Gasteiger partial charge in [0.25, 0.3) is 5.91 Å². The number of fused-ring (bicyclic) bond motifs is 1. The molecule has 1 N–H and O–H groups in total. The maximum atomic E-state index is 12.4. The normalized spacial score (nSPS) is 16.4. The monoisotopic (exact) mass is 394 g/mol. The van der Waals surface area contributed by atoms with Crippen molar-refractivity contribution in [2.45, 2.75) is 33.2 Å². The van der Waals surface area contributed by atoms with Crippen LogP contribution in [0, 0.1) is 20.8 Å². The van der Waals surface area contributed by atoms with Crippen molar-refractivity contribution in [1.29, 1.82) is 0 Å². The lowest BCUT2D eigenvalue weighted by Gasteiger charge is -2.22. The first-order valence-electron chi connectivity index (χ1n) is 9.73. The first kappa shape index (κ1) is 19.1. The zero-order valence-electron chi connectivity index (χ0n) is 17.5. The Hall–Kier alpha value is -3.23. The summed E-state index contributed by atoms with van der Waals surface area (Å²) in [6.07, 6.45) is 4.56. The summed E-state index contributed by atoms with van der Waals surface area (Å²) in [6.45, 7) is 7.54. The van der Waals surface area contributed by atoms with Crippen molar-refractivity contribution >= 4 is 23.1 Å². The van der Waals surface area contributed by atoms with Crippen LogP contribution in [0.5, 0.6) is 0 Å². The average molecular weight is 394 g/mol. The summed E-state index contributed by atoms with van der Waals surface area (Å²) in [6, 6.07) is 2.26. The Balaban J connectivity index is 1.56. The number of hydrogen-bond acceptors (Lipinski definition) is 7. The van der Waals surface area contributed by atoms with Gasteiger partial charge in [-0.1, -0.05) is 0 Å². The molecule has 1 amide bonds. The number of carbonyl (C=O) groups excluding carboxylic acids is 1. The molecule has 4 heterocycles. The Bertz CT molecular complexity index is 1070. The Morgan fingerprint density at radius 2 is 2.03 bits per heavy atom. The SMILES string of the molecule is Cc1cc2c(N[C@@H]3CCN(c4nc(C(=O)N(C)C)nc(C)c4C)C3)nccn2n1. The average Bonchev–Trinajstić information content (AvgIpc) is 3.29. The molecular weight excluding hydrogens is 368 g/mol. The molecule has 1 aliphatic rings. The van der Waals surface area contributed by atoms with Crippen LogP contribution in [0.15, 0.2) is 18.5 Å². The van der Waals surface area contributed by atoms with E-state index in [0.29, 0.717) is 0 Å². The second-order valence-electron chi connectivity index (χ2n) is 7.75. The molecule has 0 spiro atoms. The number of nitrogens with one attached hydrogen (secondary N) is 1. The van der Waals surface area contributed by atoms with Crippen LogP contribution in [0.3, 0.4) is 0 Å². The second kappa shape index (κ2) is 7.31. The second-order valence-corrected chi connectivity index (χ2v) is 7.75. The molecule has 0 saturated carbocycles. The smallest absolute Gasteiger partial charge is 0.291 e. The fourth-order valence-electron chi connectivity index (χ4n) is 3.64. The van der Waals surface area contributed by atoms with Crippen LogP contribution in [-0.2, 0) is 0 Å². The Labute approximate surface area is 169 Å². The molecular formula is C20H26N8O. The van der Waals surface area contributed by atoms with E-state index in [9.17, 15) is 4.79 Å². The van der Waals surface area contributed by atoms with Gasteiger partial charge in [-0.2, -0.15) is 5.10 Å². The highest BCUT2D eigenvalue weighted by Crippen LogP contribution is 2.26. The highest BCUT2D eigenvalue weighted by molar-refractivity contribution is 5.90. The summed E-state index contributed by atoms with van der Waals surface area (Å²) in [7, 11) is 3.42. The van der Waals surface area contributed by atoms with Crippen molar-refractivity contribution in [3.05, 3.63) is 41.2 Å². The molecule has 0 radical (unpaired) electrons. The van der Waals surface area contributed by atoms with Crippen LogP contribution in [0.1, 0.15) is 34.0 Å². The van der Waals surface area contributed by atoms with Crippen molar-refractivity contribution < 1.29 is 4.79 Å². The molecule has 1 atom stereocenters. The molecule has 152 valence electrons. The van der Waals surface area contributed by atoms with E-state index in [2.05, 4.69) is 30.3 Å². The van der Waals surface area contributed by atoms with Gasteiger partial charge in [-0.15, -0.1) is 0 Å². The van der Waals surface area contributed by atoms with Gasteiger partial charge in [-0.05, 0) is 33.3 Å². The van der Waals surface area contributed by atoms with Gasteiger partial charge in [0, 0.05) is 56.9 Å². The molecule has 3 aromatic heterocycles. The van der Waals surface area contributed by atoms with E-state index >= 15 is 0 Å². The lowest BCUT2D eigenvalue weighted by atomic mass is 10.2. The number of carbonyl (C=O) groups is 1. The molecule has 1 fully saturated rings. The Kier molecular flexibility index (Phi) is 4.81. The Morgan fingerprint density at radius 1 is 1.24 bits per heavy atom. The molecule has 1 aliphatic heterocycles. The number of anilines is 2. The molecule has 3 aromatic rings. The van der Waals surface area contributed by atoms with Crippen LogP contribution >= 0.6 is 0 Å². The summed E-state index contributed by atoms with van der Waals surface area (Å²) in [4.78, 5) is 29.6. The topological polar surface area (TPSA) is 91.5 Å². The number of amides is 1. The van der Waals surface area contributed by atoms with Gasteiger partial charge in [0.2, 0.25) is 5.82 Å². The highest BCUT2D eigenvalue weighted by Gasteiger charge is 2.27. The van der Waals surface area contributed by atoms with E-state index in [-0.39, 0.29) is 17.8 Å². The molecule has 9 heteroatoms. The van der Waals surface area contributed by atoms with Gasteiger partial charge in [0.15, 0.2) is 5.82 Å². The standard InChI is InChI=1S/C20H26N8O/c1-12-10-16-17(21-7-9-28(16)25-12)23-15-6-8-27(11-15)19-13(2)14(3)22-18(24-19)20(29)26(4)5/h7,9-10,15H,6,8,11H2,1-5H3,(H,21,23)/t15-/m1/s1. The first-order chi connectivity index (χ1) is 13.8. The fraction of sp³-hybridized carbons (Fsp3) is 0.450. The highest BCUT2D eigenvalue weighted by atomic mass is 16.2. The summed E-state index contributed by atoms with van der Waals surface area (Å²) in [5.41, 5.74) is 3.76. The van der Waals surface area contributed by atoms with Crippen LogP contribution < -0.4 is 10.2 Å². The van der Waals surface area contributed by atoms with Gasteiger partial charge in [0.1, 0.15) is 11.3 Å². The summed E-state index contributed by atoms with van der Waals surface area (Å²) in [5, 5.41) is 8.00. The number of aryl methyl sites for hydroxylation is 2. The van der Waals surface area contributed by atoms with Gasteiger partial charge in [-0.3, -0.25) is 4.79 Å². The lowest BCUT2D eigenvalue weighted by molar-refractivity contribution is 0.0815. The van der Waals surface area contributed by atoms with Crippen LogP contribution in [0.4, 0.5) is 11.6 Å². The molecule has 0 aromatic carbocycles. The van der Waals surface area contributed by atoms with Crippen molar-refractivity contribution in [1.82, 2.24) is 29.5 Å². The summed E-state index contributed by atoms with van der Waals surface area (Å²) in [5.74, 6) is 1.72. The Morgan fingerprint density at radius 3 is 2.79 bits per heavy atom. The third kappa shape index (κ3) is 3.59. The lowest BCUT2D eigenvalue weighted by Crippen LogP contribution is -2.30. The van der Waals surface area contributed by atoms with E-state index in [0.717, 1.165) is 53.6 Å². The van der Waals surface area contributed by atoms with Crippen LogP contribution in [0.25, 0.3) is 5.52 Å². The fourth-order valence-corrected chi connectivity index (χ4v) is 3.64. The maximum Gasteiger partial charge on any atom is 0.291 e. The summed E-state index contributed by atoms with van der Waals surface area (Å²) < 4.78 is 1.84. The van der Waals surface area contributed by atoms with Gasteiger partial charge >= 0.3 is 0 Å².